The summed E-state index contributed by atoms with van der Waals surface area (Å²) in [6.45, 7) is -0.290. The highest BCUT2D eigenvalue weighted by atomic mass is 35.5. The third-order valence-corrected chi connectivity index (χ3v) is 5.65. The predicted octanol–water partition coefficient (Wildman–Crippen LogP) is 5.66. The van der Waals surface area contributed by atoms with Crippen molar-refractivity contribution in [1.82, 2.24) is 0 Å². The largest absolute Gasteiger partial charge is 0.457 e. The van der Waals surface area contributed by atoms with Crippen molar-refractivity contribution >= 4 is 40.7 Å². The second kappa shape index (κ2) is 9.38. The van der Waals surface area contributed by atoms with Gasteiger partial charge in [-0.3, -0.25) is 20.2 Å². The molecule has 152 valence electrons. The number of nitrogens with zero attached hydrogens (tertiary/aromatic N) is 2. The summed E-state index contributed by atoms with van der Waals surface area (Å²) in [5.74, 6) is -0.717. The second-order valence-corrected chi connectivity index (χ2v) is 7.36. The van der Waals surface area contributed by atoms with Gasteiger partial charge in [-0.25, -0.2) is 4.79 Å². The Morgan fingerprint density at radius 2 is 1.53 bits per heavy atom. The number of para-hydroxylation sites is 1. The summed E-state index contributed by atoms with van der Waals surface area (Å²) in [6, 6.07) is 16.7. The van der Waals surface area contributed by atoms with E-state index < -0.39 is 15.8 Å². The zero-order valence-corrected chi connectivity index (χ0v) is 16.8. The molecule has 0 heterocycles. The topological polar surface area (TPSA) is 113 Å². The van der Waals surface area contributed by atoms with Gasteiger partial charge in [-0.1, -0.05) is 53.7 Å². The van der Waals surface area contributed by atoms with Gasteiger partial charge in [-0.05, 0) is 24.3 Å². The number of rotatable bonds is 7. The zero-order chi connectivity index (χ0) is 21.7. The van der Waals surface area contributed by atoms with Gasteiger partial charge in [-0.15, -0.1) is 0 Å². The van der Waals surface area contributed by atoms with E-state index in [2.05, 4.69) is 0 Å². The van der Waals surface area contributed by atoms with Crippen molar-refractivity contribution in [2.45, 2.75) is 16.4 Å². The standard InChI is InChI=1S/C20H13ClN2O6S/c21-15-8-5-10-17(23(27)28)19(15)30-18-11-4-2-7-14(18)20(24)29-12-13-6-1-3-9-16(13)22(25)26/h1-11H,12H2. The Kier molecular flexibility index (Phi) is 6.65. The van der Waals surface area contributed by atoms with Gasteiger partial charge in [0.05, 0.1) is 26.0 Å². The number of carbonyl (C=O) groups is 1. The monoisotopic (exact) mass is 444 g/mol. The van der Waals surface area contributed by atoms with Crippen molar-refractivity contribution in [3.63, 3.8) is 0 Å². The molecule has 0 aromatic heterocycles. The van der Waals surface area contributed by atoms with E-state index in [1.807, 2.05) is 0 Å². The lowest BCUT2D eigenvalue weighted by molar-refractivity contribution is -0.387. The Morgan fingerprint density at radius 3 is 2.27 bits per heavy atom. The summed E-state index contributed by atoms with van der Waals surface area (Å²) in [7, 11) is 0. The SMILES string of the molecule is O=C(OCc1ccccc1[N+](=O)[O-])c1ccccc1Sc1c(Cl)cccc1[N+](=O)[O-]. The molecule has 0 aliphatic heterocycles. The minimum atomic E-state index is -0.717. The third-order valence-electron chi connectivity index (χ3n) is 4.01. The summed E-state index contributed by atoms with van der Waals surface area (Å²) >= 11 is 7.11. The first-order valence-electron chi connectivity index (χ1n) is 8.47. The van der Waals surface area contributed by atoms with Crippen LogP contribution in [0.3, 0.4) is 0 Å². The van der Waals surface area contributed by atoms with E-state index in [1.165, 1.54) is 42.5 Å². The number of halogens is 1. The van der Waals surface area contributed by atoms with E-state index >= 15 is 0 Å². The summed E-state index contributed by atoms with van der Waals surface area (Å²) in [5.41, 5.74) is 0.0771. The summed E-state index contributed by atoms with van der Waals surface area (Å²) in [4.78, 5) is 34.6. The second-order valence-electron chi connectivity index (χ2n) is 5.91. The zero-order valence-electron chi connectivity index (χ0n) is 15.2. The summed E-state index contributed by atoms with van der Waals surface area (Å²) < 4.78 is 5.27. The number of esters is 1. The molecule has 0 saturated carbocycles. The van der Waals surface area contributed by atoms with Crippen LogP contribution in [0.15, 0.2) is 76.5 Å². The fraction of sp³-hybridized carbons (Fsp3) is 0.0500. The number of benzene rings is 3. The molecule has 10 heteroatoms. The Bertz CT molecular complexity index is 1140. The molecule has 0 aliphatic carbocycles. The molecule has 3 aromatic rings. The van der Waals surface area contributed by atoms with Crippen LogP contribution < -0.4 is 0 Å². The van der Waals surface area contributed by atoms with Crippen molar-refractivity contribution < 1.29 is 19.4 Å². The molecule has 3 aromatic carbocycles. The molecule has 30 heavy (non-hydrogen) atoms. The lowest BCUT2D eigenvalue weighted by atomic mass is 10.2. The molecule has 0 saturated heterocycles. The van der Waals surface area contributed by atoms with Gasteiger partial charge in [0.25, 0.3) is 11.4 Å². The van der Waals surface area contributed by atoms with Gasteiger partial charge in [0.15, 0.2) is 0 Å². The minimum Gasteiger partial charge on any atom is -0.457 e. The first-order chi connectivity index (χ1) is 14.4. The van der Waals surface area contributed by atoms with Crippen molar-refractivity contribution in [3.8, 4) is 0 Å². The Hall–Kier alpha value is -3.43. The molecule has 0 N–H and O–H groups in total. The predicted molar refractivity (Wildman–Crippen MR) is 111 cm³/mol. The third kappa shape index (κ3) is 4.76. The van der Waals surface area contributed by atoms with Crippen LogP contribution in [-0.4, -0.2) is 15.8 Å². The number of ether oxygens (including phenoxy) is 1. The van der Waals surface area contributed by atoms with Gasteiger partial charge in [0, 0.05) is 17.0 Å². The molecule has 0 bridgehead atoms. The van der Waals surface area contributed by atoms with Crippen LogP contribution in [0.1, 0.15) is 15.9 Å². The van der Waals surface area contributed by atoms with Gasteiger partial charge < -0.3 is 4.74 Å². The lowest BCUT2D eigenvalue weighted by Crippen LogP contribution is -2.08. The van der Waals surface area contributed by atoms with Crippen LogP contribution in [0.4, 0.5) is 11.4 Å². The maximum Gasteiger partial charge on any atom is 0.339 e. The molecule has 8 nitrogen and oxygen atoms in total. The highest BCUT2D eigenvalue weighted by Gasteiger charge is 2.22. The van der Waals surface area contributed by atoms with Crippen LogP contribution in [0.25, 0.3) is 0 Å². The van der Waals surface area contributed by atoms with Crippen LogP contribution in [0.5, 0.6) is 0 Å². The van der Waals surface area contributed by atoms with E-state index in [1.54, 1.807) is 24.3 Å². The molecule has 0 fully saturated rings. The lowest BCUT2D eigenvalue weighted by Gasteiger charge is -2.10. The van der Waals surface area contributed by atoms with Gasteiger partial charge >= 0.3 is 5.97 Å². The average Bonchev–Trinajstić information content (AvgIpc) is 2.73. The fourth-order valence-corrected chi connectivity index (χ4v) is 3.93. The number of nitro benzene ring substituents is 2. The molecule has 0 aliphatic rings. The van der Waals surface area contributed by atoms with Gasteiger partial charge in [0.1, 0.15) is 11.5 Å². The molecule has 3 rings (SSSR count). The minimum absolute atomic E-state index is 0.153. The normalized spacial score (nSPS) is 10.4. The van der Waals surface area contributed by atoms with Crippen LogP contribution in [-0.2, 0) is 11.3 Å². The van der Waals surface area contributed by atoms with E-state index in [4.69, 9.17) is 16.3 Å². The van der Waals surface area contributed by atoms with E-state index in [9.17, 15) is 25.0 Å². The first kappa shape index (κ1) is 21.3. The van der Waals surface area contributed by atoms with Crippen LogP contribution >= 0.6 is 23.4 Å². The average molecular weight is 445 g/mol. The Labute approximate surface area is 179 Å². The Morgan fingerprint density at radius 1 is 0.900 bits per heavy atom. The van der Waals surface area contributed by atoms with Crippen molar-refractivity contribution in [2.24, 2.45) is 0 Å². The number of carbonyl (C=O) groups excluding carboxylic acids is 1. The Balaban J connectivity index is 1.85. The van der Waals surface area contributed by atoms with Gasteiger partial charge in [0.2, 0.25) is 0 Å². The molecular formula is C20H13ClN2O6S. The molecule has 0 spiro atoms. The fourth-order valence-electron chi connectivity index (χ4n) is 2.61. The van der Waals surface area contributed by atoms with Crippen molar-refractivity contribution in [1.29, 1.82) is 0 Å². The van der Waals surface area contributed by atoms with E-state index in [0.717, 1.165) is 11.8 Å². The smallest absolute Gasteiger partial charge is 0.339 e. The number of hydrogen-bond acceptors (Lipinski definition) is 7. The summed E-state index contributed by atoms with van der Waals surface area (Å²) in [5, 5.41) is 22.6. The number of nitro groups is 2. The van der Waals surface area contributed by atoms with Crippen molar-refractivity contribution in [2.75, 3.05) is 0 Å². The molecule has 0 unspecified atom stereocenters. The van der Waals surface area contributed by atoms with Crippen LogP contribution in [0.2, 0.25) is 5.02 Å². The molecular weight excluding hydrogens is 432 g/mol. The van der Waals surface area contributed by atoms with Crippen LogP contribution in [0, 0.1) is 20.2 Å². The molecule has 0 radical (unpaired) electrons. The first-order valence-corrected chi connectivity index (χ1v) is 9.67. The quantitative estimate of drug-likeness (QED) is 0.262. The van der Waals surface area contributed by atoms with Gasteiger partial charge in [-0.2, -0.15) is 0 Å². The highest BCUT2D eigenvalue weighted by Crippen LogP contribution is 2.41. The van der Waals surface area contributed by atoms with E-state index in [-0.39, 0.29) is 39.0 Å². The highest BCUT2D eigenvalue weighted by molar-refractivity contribution is 7.99. The summed E-state index contributed by atoms with van der Waals surface area (Å²) in [6.07, 6.45) is 0. The molecule has 0 amide bonds. The maximum atomic E-state index is 12.6. The molecule has 0 atom stereocenters. The number of hydrogen-bond donors (Lipinski definition) is 0. The van der Waals surface area contributed by atoms with Crippen molar-refractivity contribution in [3.05, 3.63) is 103 Å². The van der Waals surface area contributed by atoms with E-state index in [0.29, 0.717) is 4.90 Å². The maximum absolute atomic E-state index is 12.6.